The fraction of sp³-hybridized carbons (Fsp3) is 0.105. The van der Waals surface area contributed by atoms with E-state index in [1.54, 1.807) is 18.2 Å². The van der Waals surface area contributed by atoms with Gasteiger partial charge in [-0.2, -0.15) is 0 Å². The lowest BCUT2D eigenvalue weighted by molar-refractivity contribution is -0.116. The van der Waals surface area contributed by atoms with Crippen LogP contribution in [0, 0.1) is 0 Å². The fourth-order valence-electron chi connectivity index (χ4n) is 2.59. The summed E-state index contributed by atoms with van der Waals surface area (Å²) in [4.78, 5) is 15.0. The molecule has 25 heavy (non-hydrogen) atoms. The van der Waals surface area contributed by atoms with E-state index in [-0.39, 0.29) is 23.2 Å². The SMILES string of the molecule is O=C(/C=C/c1ccc(O)cc1O)NCCc1c[nH]c2ccc(O)cc12. The van der Waals surface area contributed by atoms with E-state index < -0.39 is 0 Å². The molecule has 1 aromatic heterocycles. The van der Waals surface area contributed by atoms with Gasteiger partial charge in [-0.05, 0) is 48.4 Å². The predicted molar refractivity (Wildman–Crippen MR) is 95.5 cm³/mol. The number of H-pyrrole nitrogens is 1. The average molecular weight is 338 g/mol. The van der Waals surface area contributed by atoms with Crippen LogP contribution in [0.15, 0.2) is 48.7 Å². The van der Waals surface area contributed by atoms with Crippen LogP contribution in [0.2, 0.25) is 0 Å². The van der Waals surface area contributed by atoms with E-state index in [9.17, 15) is 20.1 Å². The van der Waals surface area contributed by atoms with Gasteiger partial charge in [-0.25, -0.2) is 0 Å². The van der Waals surface area contributed by atoms with Crippen molar-refractivity contribution in [3.8, 4) is 17.2 Å². The first-order valence-electron chi connectivity index (χ1n) is 7.80. The van der Waals surface area contributed by atoms with Gasteiger partial charge in [0.1, 0.15) is 17.2 Å². The molecule has 0 radical (unpaired) electrons. The van der Waals surface area contributed by atoms with Crippen molar-refractivity contribution < 1.29 is 20.1 Å². The molecule has 0 saturated heterocycles. The summed E-state index contributed by atoms with van der Waals surface area (Å²) in [5.41, 5.74) is 2.38. The summed E-state index contributed by atoms with van der Waals surface area (Å²) < 4.78 is 0. The van der Waals surface area contributed by atoms with Crippen LogP contribution in [0.25, 0.3) is 17.0 Å². The summed E-state index contributed by atoms with van der Waals surface area (Å²) in [5, 5.41) is 32.2. The Labute approximate surface area is 144 Å². The molecule has 0 bridgehead atoms. The lowest BCUT2D eigenvalue weighted by Gasteiger charge is -2.03. The van der Waals surface area contributed by atoms with Gasteiger partial charge in [0.05, 0.1) is 0 Å². The number of phenols is 3. The Bertz CT molecular complexity index is 944. The zero-order valence-electron chi connectivity index (χ0n) is 13.4. The fourth-order valence-corrected chi connectivity index (χ4v) is 2.59. The Morgan fingerprint density at radius 2 is 1.84 bits per heavy atom. The van der Waals surface area contributed by atoms with Gasteiger partial charge in [0.2, 0.25) is 5.91 Å². The molecule has 0 unspecified atom stereocenters. The van der Waals surface area contributed by atoms with Gasteiger partial charge >= 0.3 is 0 Å². The van der Waals surface area contributed by atoms with Crippen LogP contribution in [0.4, 0.5) is 0 Å². The second-order valence-electron chi connectivity index (χ2n) is 5.66. The van der Waals surface area contributed by atoms with Crippen molar-refractivity contribution in [1.29, 1.82) is 0 Å². The van der Waals surface area contributed by atoms with E-state index >= 15 is 0 Å². The summed E-state index contributed by atoms with van der Waals surface area (Å²) in [6, 6.07) is 9.28. The van der Waals surface area contributed by atoms with E-state index in [4.69, 9.17) is 0 Å². The molecule has 0 saturated carbocycles. The summed E-state index contributed by atoms with van der Waals surface area (Å²) >= 11 is 0. The van der Waals surface area contributed by atoms with E-state index in [1.807, 2.05) is 6.20 Å². The first-order chi connectivity index (χ1) is 12.0. The molecule has 0 spiro atoms. The van der Waals surface area contributed by atoms with E-state index in [0.717, 1.165) is 16.5 Å². The molecular weight excluding hydrogens is 320 g/mol. The predicted octanol–water partition coefficient (Wildman–Crippen LogP) is 2.66. The van der Waals surface area contributed by atoms with Crippen molar-refractivity contribution >= 4 is 22.9 Å². The molecule has 0 fully saturated rings. The highest BCUT2D eigenvalue weighted by atomic mass is 16.3. The summed E-state index contributed by atoms with van der Waals surface area (Å²) in [6.07, 6.45) is 5.29. The van der Waals surface area contributed by atoms with Gasteiger partial charge in [-0.1, -0.05) is 0 Å². The van der Waals surface area contributed by atoms with Crippen LogP contribution < -0.4 is 5.32 Å². The molecule has 1 amide bonds. The second kappa shape index (κ2) is 7.00. The molecule has 5 N–H and O–H groups in total. The van der Waals surface area contributed by atoms with E-state index in [2.05, 4.69) is 10.3 Å². The Balaban J connectivity index is 1.57. The number of aromatic hydroxyl groups is 3. The number of benzene rings is 2. The number of carbonyl (C=O) groups is 1. The maximum atomic E-state index is 11.9. The maximum Gasteiger partial charge on any atom is 0.244 e. The van der Waals surface area contributed by atoms with Crippen molar-refractivity contribution in [3.63, 3.8) is 0 Å². The minimum atomic E-state index is -0.282. The number of aromatic amines is 1. The van der Waals surface area contributed by atoms with E-state index in [1.165, 1.54) is 30.4 Å². The highest BCUT2D eigenvalue weighted by Crippen LogP contribution is 2.24. The molecule has 128 valence electrons. The number of rotatable bonds is 5. The minimum absolute atomic E-state index is 0.0381. The lowest BCUT2D eigenvalue weighted by Crippen LogP contribution is -2.23. The number of nitrogens with one attached hydrogen (secondary N) is 2. The van der Waals surface area contributed by atoms with Crippen LogP contribution in [0.1, 0.15) is 11.1 Å². The Morgan fingerprint density at radius 1 is 1.08 bits per heavy atom. The standard InChI is InChI=1S/C19H18N2O4/c22-14-4-5-17-16(9-14)13(11-21-17)7-8-20-19(25)6-2-12-1-3-15(23)10-18(12)24/h1-6,9-11,21-24H,7-8H2,(H,20,25)/b6-2+. The smallest absolute Gasteiger partial charge is 0.244 e. The van der Waals surface area contributed by atoms with Crippen LogP contribution in [-0.4, -0.2) is 32.8 Å². The summed E-state index contributed by atoms with van der Waals surface area (Å²) in [7, 11) is 0. The highest BCUT2D eigenvalue weighted by Gasteiger charge is 2.05. The third-order valence-electron chi connectivity index (χ3n) is 3.87. The van der Waals surface area contributed by atoms with Gasteiger partial charge in [0, 0.05) is 41.4 Å². The quantitative estimate of drug-likeness (QED) is 0.461. The average Bonchev–Trinajstić information content (AvgIpc) is 2.96. The normalized spacial score (nSPS) is 11.2. The third kappa shape index (κ3) is 3.92. The zero-order valence-corrected chi connectivity index (χ0v) is 13.4. The molecule has 0 aliphatic carbocycles. The van der Waals surface area contributed by atoms with Crippen molar-refractivity contribution in [2.45, 2.75) is 6.42 Å². The summed E-state index contributed by atoms with van der Waals surface area (Å²) in [6.45, 7) is 0.438. The molecule has 0 atom stereocenters. The largest absolute Gasteiger partial charge is 0.508 e. The monoisotopic (exact) mass is 338 g/mol. The third-order valence-corrected chi connectivity index (χ3v) is 3.87. The first-order valence-corrected chi connectivity index (χ1v) is 7.80. The number of hydrogen-bond donors (Lipinski definition) is 5. The van der Waals surface area contributed by atoms with Crippen molar-refractivity contribution in [1.82, 2.24) is 10.3 Å². The number of fused-ring (bicyclic) bond motifs is 1. The first kappa shape index (κ1) is 16.4. The molecule has 3 aromatic rings. The number of hydrogen-bond acceptors (Lipinski definition) is 4. The van der Waals surface area contributed by atoms with Crippen molar-refractivity contribution in [2.24, 2.45) is 0 Å². The molecule has 0 aliphatic heterocycles. The molecule has 6 nitrogen and oxygen atoms in total. The van der Waals surface area contributed by atoms with Gasteiger partial charge in [-0.3, -0.25) is 4.79 Å². The van der Waals surface area contributed by atoms with Crippen molar-refractivity contribution in [3.05, 3.63) is 59.8 Å². The van der Waals surface area contributed by atoms with Gasteiger partial charge in [-0.15, -0.1) is 0 Å². The molecule has 0 aliphatic rings. The van der Waals surface area contributed by atoms with Crippen LogP contribution in [-0.2, 0) is 11.2 Å². The van der Waals surface area contributed by atoms with Crippen molar-refractivity contribution in [2.75, 3.05) is 6.54 Å². The Kier molecular flexibility index (Phi) is 4.61. The minimum Gasteiger partial charge on any atom is -0.508 e. The second-order valence-corrected chi connectivity index (χ2v) is 5.66. The number of aromatic nitrogens is 1. The lowest BCUT2D eigenvalue weighted by atomic mass is 10.1. The summed E-state index contributed by atoms with van der Waals surface area (Å²) in [5.74, 6) is -0.212. The Hall–Kier alpha value is -3.41. The Morgan fingerprint density at radius 3 is 2.64 bits per heavy atom. The van der Waals surface area contributed by atoms with Crippen LogP contribution in [0.3, 0.4) is 0 Å². The number of phenolic OH excluding ortho intramolecular Hbond substituents is 3. The topological polar surface area (TPSA) is 106 Å². The molecular formula is C19H18N2O4. The number of carbonyl (C=O) groups excluding carboxylic acids is 1. The van der Waals surface area contributed by atoms with Gasteiger partial charge < -0.3 is 25.6 Å². The van der Waals surface area contributed by atoms with Crippen LogP contribution in [0.5, 0.6) is 17.2 Å². The van der Waals surface area contributed by atoms with Crippen LogP contribution >= 0.6 is 0 Å². The molecule has 1 heterocycles. The maximum absolute atomic E-state index is 11.9. The van der Waals surface area contributed by atoms with Gasteiger partial charge in [0.15, 0.2) is 0 Å². The number of amides is 1. The van der Waals surface area contributed by atoms with E-state index in [0.29, 0.717) is 18.5 Å². The molecule has 2 aromatic carbocycles. The zero-order chi connectivity index (χ0) is 17.8. The molecule has 3 rings (SSSR count). The highest BCUT2D eigenvalue weighted by molar-refractivity contribution is 5.92. The molecule has 6 heteroatoms. The van der Waals surface area contributed by atoms with Gasteiger partial charge in [0.25, 0.3) is 0 Å².